The van der Waals surface area contributed by atoms with E-state index in [0.717, 1.165) is 30.5 Å². The second kappa shape index (κ2) is 9.40. The van der Waals surface area contributed by atoms with Crippen molar-refractivity contribution in [3.05, 3.63) is 53.1 Å². The molecule has 2 aromatic carbocycles. The van der Waals surface area contributed by atoms with Crippen LogP contribution in [0.4, 0.5) is 0 Å². The highest BCUT2D eigenvalue weighted by atomic mass is 16.5. The Kier molecular flexibility index (Phi) is 5.96. The molecule has 0 radical (unpaired) electrons. The number of fused-ring (bicyclic) bond motifs is 7. The number of carbonyl (C=O) groups is 2. The molecule has 1 aromatic heterocycles. The lowest BCUT2D eigenvalue weighted by Crippen LogP contribution is -2.45. The summed E-state index contributed by atoms with van der Waals surface area (Å²) < 4.78 is 18.7. The van der Waals surface area contributed by atoms with Crippen molar-refractivity contribution >= 4 is 22.8 Å². The van der Waals surface area contributed by atoms with Gasteiger partial charge in [-0.15, -0.1) is 0 Å². The molecular weight excluding hydrogens is 492 g/mol. The maximum atomic E-state index is 14.3. The summed E-state index contributed by atoms with van der Waals surface area (Å²) in [6, 6.07) is 12.4. The zero-order chi connectivity index (χ0) is 26.7. The van der Waals surface area contributed by atoms with Gasteiger partial charge in [0.05, 0.1) is 44.1 Å². The van der Waals surface area contributed by atoms with Gasteiger partial charge in [0, 0.05) is 42.0 Å². The van der Waals surface area contributed by atoms with Crippen molar-refractivity contribution in [1.82, 2.24) is 9.47 Å². The van der Waals surface area contributed by atoms with Crippen molar-refractivity contribution in [3.63, 3.8) is 0 Å². The Hall–Kier alpha value is -3.32. The van der Waals surface area contributed by atoms with Crippen LogP contribution in [0, 0.1) is 5.41 Å². The molecule has 3 heterocycles. The number of aromatic nitrogens is 1. The second-order valence-corrected chi connectivity index (χ2v) is 11.7. The average Bonchev–Trinajstić information content (AvgIpc) is 3.67. The summed E-state index contributed by atoms with van der Waals surface area (Å²) in [6.45, 7) is 3.05. The van der Waals surface area contributed by atoms with Crippen LogP contribution < -0.4 is 4.74 Å². The third-order valence-electron chi connectivity index (χ3n) is 9.67. The summed E-state index contributed by atoms with van der Waals surface area (Å²) in [5.74, 6) is 1.30. The van der Waals surface area contributed by atoms with E-state index in [9.17, 15) is 9.59 Å². The minimum atomic E-state index is -0.513. The Morgan fingerprint density at radius 3 is 2.54 bits per heavy atom. The summed E-state index contributed by atoms with van der Waals surface area (Å²) in [7, 11) is 3.13. The normalized spacial score (nSPS) is 24.4. The van der Waals surface area contributed by atoms with Crippen LogP contribution >= 0.6 is 0 Å². The summed E-state index contributed by atoms with van der Waals surface area (Å²) in [6.07, 6.45) is 6.89. The average molecular weight is 529 g/mol. The van der Waals surface area contributed by atoms with E-state index in [1.807, 2.05) is 23.1 Å². The van der Waals surface area contributed by atoms with Gasteiger partial charge in [0.25, 0.3) is 0 Å². The molecule has 4 aliphatic rings. The Balaban J connectivity index is 1.48. The number of morpholine rings is 1. The first-order chi connectivity index (χ1) is 19.1. The van der Waals surface area contributed by atoms with E-state index in [0.29, 0.717) is 44.3 Å². The molecule has 3 aromatic rings. The number of hydrogen-bond donors (Lipinski definition) is 0. The largest absolute Gasteiger partial charge is 0.497 e. The van der Waals surface area contributed by atoms with E-state index in [1.54, 1.807) is 7.11 Å². The Morgan fingerprint density at radius 2 is 1.79 bits per heavy atom. The quantitative estimate of drug-likeness (QED) is 0.419. The van der Waals surface area contributed by atoms with Gasteiger partial charge in [-0.05, 0) is 66.6 Å². The minimum absolute atomic E-state index is 0.135. The molecule has 1 saturated heterocycles. The smallest absolute Gasteiger partial charge is 0.337 e. The van der Waals surface area contributed by atoms with Crippen LogP contribution in [-0.4, -0.2) is 61.9 Å². The maximum absolute atomic E-state index is 14.3. The van der Waals surface area contributed by atoms with E-state index < -0.39 is 5.41 Å². The molecule has 39 heavy (non-hydrogen) atoms. The van der Waals surface area contributed by atoms with Crippen molar-refractivity contribution in [3.8, 4) is 17.0 Å². The monoisotopic (exact) mass is 528 g/mol. The van der Waals surface area contributed by atoms with Crippen LogP contribution in [0.1, 0.15) is 71.8 Å². The molecule has 1 amide bonds. The van der Waals surface area contributed by atoms with Crippen molar-refractivity contribution in [2.24, 2.45) is 5.41 Å². The third kappa shape index (κ3) is 3.80. The van der Waals surface area contributed by atoms with Crippen molar-refractivity contribution in [1.29, 1.82) is 0 Å². The van der Waals surface area contributed by atoms with Gasteiger partial charge in [-0.25, -0.2) is 4.79 Å². The Morgan fingerprint density at radius 1 is 1.00 bits per heavy atom. The molecule has 204 valence electrons. The number of benzene rings is 2. The van der Waals surface area contributed by atoms with Crippen LogP contribution in [0.5, 0.6) is 5.75 Å². The number of hydrogen-bond acceptors (Lipinski definition) is 5. The predicted octanol–water partition coefficient (Wildman–Crippen LogP) is 5.50. The van der Waals surface area contributed by atoms with Gasteiger partial charge in [-0.2, -0.15) is 0 Å². The number of carbonyl (C=O) groups excluding carboxylic acids is 2. The lowest BCUT2D eigenvalue weighted by molar-refractivity contribution is -0.141. The fraction of sp³-hybridized carbons (Fsp3) is 0.500. The van der Waals surface area contributed by atoms with Gasteiger partial charge in [-0.3, -0.25) is 4.79 Å². The van der Waals surface area contributed by atoms with E-state index in [4.69, 9.17) is 14.2 Å². The van der Waals surface area contributed by atoms with Crippen molar-refractivity contribution < 1.29 is 23.8 Å². The summed E-state index contributed by atoms with van der Waals surface area (Å²) in [4.78, 5) is 28.9. The molecule has 7 rings (SSSR count). The van der Waals surface area contributed by atoms with Crippen LogP contribution in [-0.2, 0) is 20.8 Å². The highest BCUT2D eigenvalue weighted by Crippen LogP contribution is 2.66. The van der Waals surface area contributed by atoms with E-state index in [-0.39, 0.29) is 17.8 Å². The van der Waals surface area contributed by atoms with Gasteiger partial charge >= 0.3 is 5.97 Å². The number of nitrogens with zero attached hydrogens (tertiary/aromatic N) is 2. The molecule has 7 heteroatoms. The SMILES string of the molecule is COC(=O)c1ccc2c(C3CCCCC3)c3n(c2c1)CC1(C(=O)N2CCOCC2)CC1c1cc(OC)ccc1-3. The number of rotatable bonds is 4. The molecular formula is C32H36N2O5. The molecule has 2 aliphatic heterocycles. The zero-order valence-corrected chi connectivity index (χ0v) is 22.8. The lowest BCUT2D eigenvalue weighted by atomic mass is 9.81. The molecule has 0 bridgehead atoms. The van der Waals surface area contributed by atoms with Gasteiger partial charge in [-0.1, -0.05) is 25.3 Å². The molecule has 3 fully saturated rings. The standard InChI is InChI=1S/C32H36N2O5/c1-37-22-9-11-23-25(17-22)26-18-32(26,31(36)33-12-14-39-15-13-33)19-34-27-16-21(30(35)38-2)8-10-24(27)28(29(23)34)20-6-4-3-5-7-20/h8-11,16-17,20,26H,3-7,12-15,18-19H2,1-2H3. The van der Waals surface area contributed by atoms with Crippen molar-refractivity contribution in [2.75, 3.05) is 40.5 Å². The molecule has 0 spiro atoms. The van der Waals surface area contributed by atoms with E-state index in [2.05, 4.69) is 22.8 Å². The molecule has 2 aliphatic carbocycles. The lowest BCUT2D eigenvalue weighted by Gasteiger charge is -2.31. The maximum Gasteiger partial charge on any atom is 0.337 e. The molecule has 0 N–H and O–H groups in total. The molecule has 2 unspecified atom stereocenters. The first-order valence-corrected chi connectivity index (χ1v) is 14.4. The van der Waals surface area contributed by atoms with Crippen LogP contribution in [0.25, 0.3) is 22.2 Å². The number of ether oxygens (including phenoxy) is 3. The topological polar surface area (TPSA) is 70.0 Å². The number of methoxy groups -OCH3 is 2. The summed E-state index contributed by atoms with van der Waals surface area (Å²) in [5.41, 5.74) is 6.06. The molecule has 2 atom stereocenters. The number of esters is 1. The zero-order valence-electron chi connectivity index (χ0n) is 22.8. The number of amides is 1. The second-order valence-electron chi connectivity index (χ2n) is 11.7. The summed E-state index contributed by atoms with van der Waals surface area (Å²) >= 11 is 0. The van der Waals surface area contributed by atoms with Crippen molar-refractivity contribution in [2.45, 2.75) is 56.9 Å². The molecule has 7 nitrogen and oxygen atoms in total. The fourth-order valence-corrected chi connectivity index (χ4v) is 7.61. The first-order valence-electron chi connectivity index (χ1n) is 14.4. The van der Waals surface area contributed by atoms with Gasteiger partial charge < -0.3 is 23.7 Å². The fourth-order valence-electron chi connectivity index (χ4n) is 7.61. The van der Waals surface area contributed by atoms with Crippen LogP contribution in [0.2, 0.25) is 0 Å². The van der Waals surface area contributed by atoms with Gasteiger partial charge in [0.2, 0.25) is 5.91 Å². The van der Waals surface area contributed by atoms with Crippen LogP contribution in [0.3, 0.4) is 0 Å². The Labute approximate surface area is 229 Å². The summed E-state index contributed by atoms with van der Waals surface area (Å²) in [5, 5.41) is 1.19. The third-order valence-corrected chi connectivity index (χ3v) is 9.67. The Bertz CT molecular complexity index is 1460. The van der Waals surface area contributed by atoms with E-state index >= 15 is 0 Å². The predicted molar refractivity (Wildman–Crippen MR) is 148 cm³/mol. The van der Waals surface area contributed by atoms with Crippen LogP contribution in [0.15, 0.2) is 36.4 Å². The highest BCUT2D eigenvalue weighted by molar-refractivity contribution is 6.00. The van der Waals surface area contributed by atoms with Gasteiger partial charge in [0.1, 0.15) is 5.75 Å². The highest BCUT2D eigenvalue weighted by Gasteiger charge is 2.63. The molecule has 2 saturated carbocycles. The minimum Gasteiger partial charge on any atom is -0.497 e. The van der Waals surface area contributed by atoms with Gasteiger partial charge in [0.15, 0.2) is 0 Å². The first kappa shape index (κ1) is 24.7. The van der Waals surface area contributed by atoms with E-state index in [1.165, 1.54) is 54.1 Å².